The molecule has 3 heteroatoms. The van der Waals surface area contributed by atoms with Crippen molar-refractivity contribution in [2.45, 2.75) is 13.3 Å². The molecule has 0 heterocycles. The molecule has 3 nitrogen and oxygen atoms in total. The van der Waals surface area contributed by atoms with E-state index in [1.807, 2.05) is 31.2 Å². The van der Waals surface area contributed by atoms with E-state index >= 15 is 0 Å². The highest BCUT2D eigenvalue weighted by Crippen LogP contribution is 2.13. The minimum absolute atomic E-state index is 0.847. The summed E-state index contributed by atoms with van der Waals surface area (Å²) >= 11 is 0. The second-order valence-electron chi connectivity index (χ2n) is 2.80. The molecule has 0 bridgehead atoms. The largest absolute Gasteiger partial charge is 0.497 e. The van der Waals surface area contributed by atoms with Crippen LogP contribution in [0.5, 0.6) is 5.75 Å². The Morgan fingerprint density at radius 1 is 1.21 bits per heavy atom. The zero-order chi connectivity index (χ0) is 10.4. The zero-order valence-electron chi connectivity index (χ0n) is 8.78. The third-order valence-electron chi connectivity index (χ3n) is 1.96. The summed E-state index contributed by atoms with van der Waals surface area (Å²) in [5, 5.41) is 3.94. The molecule has 0 fully saturated rings. The van der Waals surface area contributed by atoms with Crippen LogP contribution in [0.4, 0.5) is 0 Å². The standard InChI is InChI=1S/C11H15NO2/c1-4-11(12-14-3)9-5-7-10(13-2)8-6-9/h5-8H,4H2,1-3H3. The first-order chi connectivity index (χ1) is 6.81. The van der Waals surface area contributed by atoms with E-state index in [9.17, 15) is 0 Å². The van der Waals surface area contributed by atoms with Gasteiger partial charge >= 0.3 is 0 Å². The summed E-state index contributed by atoms with van der Waals surface area (Å²) in [6.07, 6.45) is 0.847. The summed E-state index contributed by atoms with van der Waals surface area (Å²) < 4.78 is 5.07. The van der Waals surface area contributed by atoms with Crippen molar-refractivity contribution in [1.29, 1.82) is 0 Å². The molecule has 0 saturated carbocycles. The fourth-order valence-electron chi connectivity index (χ4n) is 1.21. The topological polar surface area (TPSA) is 30.8 Å². The van der Waals surface area contributed by atoms with Crippen LogP contribution in [0.2, 0.25) is 0 Å². The Kier molecular flexibility index (Phi) is 3.98. The predicted octanol–water partition coefficient (Wildman–Crippen LogP) is 2.46. The normalized spacial score (nSPS) is 11.2. The van der Waals surface area contributed by atoms with E-state index < -0.39 is 0 Å². The quantitative estimate of drug-likeness (QED) is 0.543. The molecular formula is C11H15NO2. The molecule has 0 aliphatic carbocycles. The number of ether oxygens (including phenoxy) is 1. The van der Waals surface area contributed by atoms with Crippen molar-refractivity contribution in [2.24, 2.45) is 5.16 Å². The van der Waals surface area contributed by atoms with Gasteiger partial charge in [-0.25, -0.2) is 0 Å². The molecule has 1 aromatic carbocycles. The van der Waals surface area contributed by atoms with E-state index in [1.54, 1.807) is 14.2 Å². The van der Waals surface area contributed by atoms with Gasteiger partial charge in [0, 0.05) is 0 Å². The van der Waals surface area contributed by atoms with Gasteiger partial charge in [-0.15, -0.1) is 0 Å². The molecule has 14 heavy (non-hydrogen) atoms. The molecule has 76 valence electrons. The summed E-state index contributed by atoms with van der Waals surface area (Å²) in [4.78, 5) is 4.76. The first-order valence-electron chi connectivity index (χ1n) is 4.56. The summed E-state index contributed by atoms with van der Waals surface area (Å²) in [6.45, 7) is 2.04. The Morgan fingerprint density at radius 2 is 1.86 bits per heavy atom. The van der Waals surface area contributed by atoms with Crippen LogP contribution in [0, 0.1) is 0 Å². The molecule has 0 aromatic heterocycles. The summed E-state index contributed by atoms with van der Waals surface area (Å²) in [5.41, 5.74) is 2.00. The molecule has 0 amide bonds. The number of benzene rings is 1. The molecule has 0 radical (unpaired) electrons. The van der Waals surface area contributed by atoms with Gasteiger partial charge in [0.1, 0.15) is 12.9 Å². The Hall–Kier alpha value is -1.51. The lowest BCUT2D eigenvalue weighted by Gasteiger charge is -2.04. The second-order valence-corrected chi connectivity index (χ2v) is 2.80. The Balaban J connectivity index is 2.89. The van der Waals surface area contributed by atoms with Crippen LogP contribution in [0.1, 0.15) is 18.9 Å². The molecule has 0 aliphatic rings. The lowest BCUT2D eigenvalue weighted by molar-refractivity contribution is 0.213. The maximum Gasteiger partial charge on any atom is 0.118 e. The van der Waals surface area contributed by atoms with E-state index in [0.29, 0.717) is 0 Å². The summed E-state index contributed by atoms with van der Waals surface area (Å²) in [6, 6.07) is 7.77. The van der Waals surface area contributed by atoms with Crippen molar-refractivity contribution >= 4 is 5.71 Å². The summed E-state index contributed by atoms with van der Waals surface area (Å²) in [5.74, 6) is 0.849. The Bertz CT molecular complexity index is 304. The van der Waals surface area contributed by atoms with Crippen molar-refractivity contribution < 1.29 is 9.57 Å². The third kappa shape index (κ3) is 2.49. The molecular weight excluding hydrogens is 178 g/mol. The van der Waals surface area contributed by atoms with Crippen LogP contribution in [0.3, 0.4) is 0 Å². The molecule has 0 unspecified atom stereocenters. The predicted molar refractivity (Wildman–Crippen MR) is 56.8 cm³/mol. The number of hydrogen-bond donors (Lipinski definition) is 0. The van der Waals surface area contributed by atoms with Gasteiger partial charge in [0.2, 0.25) is 0 Å². The van der Waals surface area contributed by atoms with E-state index in [-0.39, 0.29) is 0 Å². The Labute approximate surface area is 84.3 Å². The molecule has 1 rings (SSSR count). The average molecular weight is 193 g/mol. The SMILES string of the molecule is CCC(=NOC)c1ccc(OC)cc1. The van der Waals surface area contributed by atoms with Gasteiger partial charge in [0.15, 0.2) is 0 Å². The first kappa shape index (κ1) is 10.6. The van der Waals surface area contributed by atoms with Crippen LogP contribution >= 0.6 is 0 Å². The number of hydrogen-bond acceptors (Lipinski definition) is 3. The highest BCUT2D eigenvalue weighted by Gasteiger charge is 2.01. The zero-order valence-corrected chi connectivity index (χ0v) is 8.78. The smallest absolute Gasteiger partial charge is 0.118 e. The van der Waals surface area contributed by atoms with Crippen molar-refractivity contribution in [3.63, 3.8) is 0 Å². The van der Waals surface area contributed by atoms with Crippen LogP contribution in [0.15, 0.2) is 29.4 Å². The summed E-state index contributed by atoms with van der Waals surface area (Å²) in [7, 11) is 3.21. The lowest BCUT2D eigenvalue weighted by Crippen LogP contribution is -1.99. The Morgan fingerprint density at radius 3 is 2.29 bits per heavy atom. The van der Waals surface area contributed by atoms with Crippen LogP contribution in [0.25, 0.3) is 0 Å². The lowest BCUT2D eigenvalue weighted by atomic mass is 10.1. The second kappa shape index (κ2) is 5.27. The van der Waals surface area contributed by atoms with Gasteiger partial charge in [-0.3, -0.25) is 0 Å². The monoisotopic (exact) mass is 193 g/mol. The van der Waals surface area contributed by atoms with Crippen LogP contribution < -0.4 is 4.74 Å². The van der Waals surface area contributed by atoms with Gasteiger partial charge in [0.05, 0.1) is 12.8 Å². The third-order valence-corrected chi connectivity index (χ3v) is 1.96. The van der Waals surface area contributed by atoms with Crippen molar-refractivity contribution in [2.75, 3.05) is 14.2 Å². The van der Waals surface area contributed by atoms with Crippen LogP contribution in [-0.4, -0.2) is 19.9 Å². The molecule has 0 aliphatic heterocycles. The van der Waals surface area contributed by atoms with Gasteiger partial charge in [-0.2, -0.15) is 0 Å². The van der Waals surface area contributed by atoms with Crippen molar-refractivity contribution in [1.82, 2.24) is 0 Å². The molecule has 1 aromatic rings. The van der Waals surface area contributed by atoms with Gasteiger partial charge in [-0.1, -0.05) is 12.1 Å². The molecule has 0 saturated heterocycles. The van der Waals surface area contributed by atoms with Gasteiger partial charge in [0.25, 0.3) is 0 Å². The number of nitrogens with zero attached hydrogens (tertiary/aromatic N) is 1. The van der Waals surface area contributed by atoms with E-state index in [4.69, 9.17) is 9.57 Å². The fourth-order valence-corrected chi connectivity index (χ4v) is 1.21. The molecule has 0 N–H and O–H groups in total. The van der Waals surface area contributed by atoms with E-state index in [1.165, 1.54) is 0 Å². The first-order valence-corrected chi connectivity index (χ1v) is 4.56. The van der Waals surface area contributed by atoms with Crippen molar-refractivity contribution in [3.05, 3.63) is 29.8 Å². The average Bonchev–Trinajstić information content (AvgIpc) is 2.26. The minimum atomic E-state index is 0.847. The van der Waals surface area contributed by atoms with Gasteiger partial charge < -0.3 is 9.57 Å². The van der Waals surface area contributed by atoms with Gasteiger partial charge in [-0.05, 0) is 36.2 Å². The maximum atomic E-state index is 5.07. The fraction of sp³-hybridized carbons (Fsp3) is 0.364. The van der Waals surface area contributed by atoms with E-state index in [0.717, 1.165) is 23.4 Å². The highest BCUT2D eigenvalue weighted by atomic mass is 16.6. The maximum absolute atomic E-state index is 5.07. The molecule has 0 atom stereocenters. The minimum Gasteiger partial charge on any atom is -0.497 e. The van der Waals surface area contributed by atoms with Crippen molar-refractivity contribution in [3.8, 4) is 5.75 Å². The van der Waals surface area contributed by atoms with E-state index in [2.05, 4.69) is 5.16 Å². The highest BCUT2D eigenvalue weighted by molar-refractivity contribution is 6.00. The molecule has 0 spiro atoms. The number of oxime groups is 1. The number of methoxy groups -OCH3 is 1. The number of rotatable bonds is 4. The van der Waals surface area contributed by atoms with Crippen LogP contribution in [-0.2, 0) is 4.84 Å².